The molecule has 1 aliphatic carbocycles. The number of nitrogens with two attached hydrogens (primary N) is 1. The van der Waals surface area contributed by atoms with Crippen molar-refractivity contribution in [1.29, 1.82) is 0 Å². The number of amides is 1. The fraction of sp³-hybridized carbons (Fsp3) is 0.933. The molecule has 0 aromatic carbocycles. The molecule has 1 rings (SSSR count). The van der Waals surface area contributed by atoms with E-state index in [0.717, 1.165) is 45.2 Å². The fourth-order valence-electron chi connectivity index (χ4n) is 2.93. The molecule has 1 amide bonds. The summed E-state index contributed by atoms with van der Waals surface area (Å²) in [6.07, 6.45) is 6.64. The molecule has 3 heteroatoms. The van der Waals surface area contributed by atoms with Crippen LogP contribution in [0, 0.1) is 11.8 Å². The van der Waals surface area contributed by atoms with Crippen molar-refractivity contribution in [1.82, 2.24) is 4.90 Å². The molecular formula is C15H30N2O. The largest absolute Gasteiger partial charge is 0.342 e. The van der Waals surface area contributed by atoms with E-state index >= 15 is 0 Å². The quantitative estimate of drug-likeness (QED) is 0.792. The second-order valence-corrected chi connectivity index (χ2v) is 5.61. The summed E-state index contributed by atoms with van der Waals surface area (Å²) in [6, 6.07) is 0.0852. The average Bonchev–Trinajstić information content (AvgIpc) is 2.40. The Morgan fingerprint density at radius 1 is 1.22 bits per heavy atom. The van der Waals surface area contributed by atoms with Crippen LogP contribution in [0.4, 0.5) is 0 Å². The van der Waals surface area contributed by atoms with E-state index in [-0.39, 0.29) is 12.0 Å². The maximum absolute atomic E-state index is 12.6. The van der Waals surface area contributed by atoms with Crippen LogP contribution in [0.15, 0.2) is 0 Å². The van der Waals surface area contributed by atoms with Crippen LogP contribution < -0.4 is 5.73 Å². The Balaban J connectivity index is 2.60. The van der Waals surface area contributed by atoms with Gasteiger partial charge in [0.25, 0.3) is 0 Å². The first-order chi connectivity index (χ1) is 8.63. The number of carbonyl (C=O) groups excluding carboxylic acids is 1. The molecule has 1 saturated carbocycles. The number of hydrogen-bond donors (Lipinski definition) is 1. The molecule has 0 aliphatic heterocycles. The van der Waals surface area contributed by atoms with Gasteiger partial charge in [0, 0.05) is 19.1 Å². The maximum Gasteiger partial charge on any atom is 0.227 e. The van der Waals surface area contributed by atoms with Gasteiger partial charge in [0.1, 0.15) is 0 Å². The van der Waals surface area contributed by atoms with E-state index < -0.39 is 0 Å². The van der Waals surface area contributed by atoms with Crippen molar-refractivity contribution in [3.63, 3.8) is 0 Å². The molecule has 0 bridgehead atoms. The summed E-state index contributed by atoms with van der Waals surface area (Å²) in [5.74, 6) is 1.01. The van der Waals surface area contributed by atoms with Crippen LogP contribution in [-0.2, 0) is 4.79 Å². The van der Waals surface area contributed by atoms with Gasteiger partial charge in [-0.1, -0.05) is 39.5 Å². The molecule has 0 aromatic rings. The Bertz CT molecular complexity index is 251. The zero-order chi connectivity index (χ0) is 13.5. The summed E-state index contributed by atoms with van der Waals surface area (Å²) >= 11 is 0. The zero-order valence-corrected chi connectivity index (χ0v) is 12.3. The second kappa shape index (κ2) is 7.78. The summed E-state index contributed by atoms with van der Waals surface area (Å²) in [6.45, 7) is 8.22. The van der Waals surface area contributed by atoms with Gasteiger partial charge in [-0.15, -0.1) is 0 Å². The standard InChI is InChI=1S/C15H30N2O/c1-4-12(5-2)11-17(6-3)15(18)13-9-7-8-10-14(13)16/h12-14H,4-11,16H2,1-3H3. The summed E-state index contributed by atoms with van der Waals surface area (Å²) in [4.78, 5) is 14.6. The Morgan fingerprint density at radius 3 is 2.33 bits per heavy atom. The molecule has 0 aromatic heterocycles. The lowest BCUT2D eigenvalue weighted by Gasteiger charge is -2.34. The van der Waals surface area contributed by atoms with Gasteiger partial charge in [0.2, 0.25) is 5.91 Å². The van der Waals surface area contributed by atoms with Gasteiger partial charge in [0.05, 0.1) is 5.92 Å². The van der Waals surface area contributed by atoms with Crippen LogP contribution in [0.2, 0.25) is 0 Å². The first kappa shape index (κ1) is 15.5. The molecule has 1 aliphatic rings. The van der Waals surface area contributed by atoms with E-state index in [9.17, 15) is 4.79 Å². The number of nitrogens with zero attached hydrogens (tertiary/aromatic N) is 1. The molecule has 18 heavy (non-hydrogen) atoms. The van der Waals surface area contributed by atoms with Gasteiger partial charge in [-0.25, -0.2) is 0 Å². The smallest absolute Gasteiger partial charge is 0.227 e. The van der Waals surface area contributed by atoms with Crippen LogP contribution in [0.1, 0.15) is 59.3 Å². The van der Waals surface area contributed by atoms with Gasteiger partial charge in [0.15, 0.2) is 0 Å². The third-order valence-corrected chi connectivity index (χ3v) is 4.46. The van der Waals surface area contributed by atoms with E-state index in [1.165, 1.54) is 6.42 Å². The lowest BCUT2D eigenvalue weighted by atomic mass is 9.84. The van der Waals surface area contributed by atoms with E-state index in [0.29, 0.717) is 11.8 Å². The minimum Gasteiger partial charge on any atom is -0.342 e. The lowest BCUT2D eigenvalue weighted by Crippen LogP contribution is -2.47. The Labute approximate surface area is 112 Å². The van der Waals surface area contributed by atoms with Crippen molar-refractivity contribution in [2.45, 2.75) is 65.3 Å². The van der Waals surface area contributed by atoms with Gasteiger partial charge in [-0.2, -0.15) is 0 Å². The molecule has 0 heterocycles. The Hall–Kier alpha value is -0.570. The highest BCUT2D eigenvalue weighted by atomic mass is 16.2. The number of rotatable bonds is 6. The summed E-state index contributed by atoms with van der Waals surface area (Å²) in [5, 5.41) is 0. The molecule has 2 N–H and O–H groups in total. The first-order valence-electron chi connectivity index (χ1n) is 7.68. The van der Waals surface area contributed by atoms with E-state index in [4.69, 9.17) is 5.73 Å². The van der Waals surface area contributed by atoms with E-state index in [1.54, 1.807) is 0 Å². The van der Waals surface area contributed by atoms with Gasteiger partial charge in [-0.3, -0.25) is 4.79 Å². The van der Waals surface area contributed by atoms with Crippen LogP contribution in [-0.4, -0.2) is 29.9 Å². The highest BCUT2D eigenvalue weighted by Gasteiger charge is 2.31. The zero-order valence-electron chi connectivity index (χ0n) is 12.3. The van der Waals surface area contributed by atoms with Crippen LogP contribution >= 0.6 is 0 Å². The predicted octanol–water partition coefficient (Wildman–Crippen LogP) is 2.79. The highest BCUT2D eigenvalue weighted by Crippen LogP contribution is 2.25. The fourth-order valence-corrected chi connectivity index (χ4v) is 2.93. The van der Waals surface area contributed by atoms with E-state index in [1.807, 2.05) is 4.90 Å². The highest BCUT2D eigenvalue weighted by molar-refractivity contribution is 5.79. The summed E-state index contributed by atoms with van der Waals surface area (Å²) in [5.41, 5.74) is 6.12. The molecule has 2 unspecified atom stereocenters. The molecule has 0 radical (unpaired) electrons. The van der Waals surface area contributed by atoms with Gasteiger partial charge >= 0.3 is 0 Å². The topological polar surface area (TPSA) is 46.3 Å². The van der Waals surface area contributed by atoms with Crippen LogP contribution in [0.25, 0.3) is 0 Å². The Kier molecular flexibility index (Phi) is 6.69. The second-order valence-electron chi connectivity index (χ2n) is 5.61. The van der Waals surface area contributed by atoms with Crippen LogP contribution in [0.5, 0.6) is 0 Å². The SMILES string of the molecule is CCC(CC)CN(CC)C(=O)C1CCCCC1N. The van der Waals surface area contributed by atoms with Crippen LogP contribution in [0.3, 0.4) is 0 Å². The van der Waals surface area contributed by atoms with Crippen molar-refractivity contribution >= 4 is 5.91 Å². The van der Waals surface area contributed by atoms with Crippen molar-refractivity contribution in [2.75, 3.05) is 13.1 Å². The minimum atomic E-state index is 0.0769. The summed E-state index contributed by atoms with van der Waals surface area (Å²) in [7, 11) is 0. The van der Waals surface area contributed by atoms with Crippen molar-refractivity contribution in [3.05, 3.63) is 0 Å². The normalized spacial score (nSPS) is 24.3. The molecule has 0 spiro atoms. The number of carbonyl (C=O) groups is 1. The van der Waals surface area contributed by atoms with Gasteiger partial charge < -0.3 is 10.6 Å². The summed E-state index contributed by atoms with van der Waals surface area (Å²) < 4.78 is 0. The van der Waals surface area contributed by atoms with Crippen molar-refractivity contribution < 1.29 is 4.79 Å². The molecule has 3 nitrogen and oxygen atoms in total. The molecule has 0 saturated heterocycles. The lowest BCUT2D eigenvalue weighted by molar-refractivity contribution is -0.137. The minimum absolute atomic E-state index is 0.0769. The average molecular weight is 254 g/mol. The molecule has 2 atom stereocenters. The molecular weight excluding hydrogens is 224 g/mol. The third kappa shape index (κ3) is 3.98. The van der Waals surface area contributed by atoms with Gasteiger partial charge in [-0.05, 0) is 25.7 Å². The van der Waals surface area contributed by atoms with E-state index in [2.05, 4.69) is 20.8 Å². The maximum atomic E-state index is 12.6. The van der Waals surface area contributed by atoms with Crippen molar-refractivity contribution in [3.8, 4) is 0 Å². The third-order valence-electron chi connectivity index (χ3n) is 4.46. The first-order valence-corrected chi connectivity index (χ1v) is 7.68. The number of hydrogen-bond acceptors (Lipinski definition) is 2. The molecule has 1 fully saturated rings. The predicted molar refractivity (Wildman–Crippen MR) is 76.3 cm³/mol. The molecule has 106 valence electrons. The Morgan fingerprint density at radius 2 is 1.83 bits per heavy atom. The van der Waals surface area contributed by atoms with Crippen molar-refractivity contribution in [2.24, 2.45) is 17.6 Å². The monoisotopic (exact) mass is 254 g/mol.